The Balaban J connectivity index is 1.63. The summed E-state index contributed by atoms with van der Waals surface area (Å²) >= 11 is 0. The third kappa shape index (κ3) is 4.26. The normalized spacial score (nSPS) is 17.4. The Hall–Kier alpha value is -2.53. The van der Waals surface area contributed by atoms with E-state index in [-0.39, 0.29) is 12.1 Å². The molecule has 3 rings (SSSR count). The molecule has 1 unspecified atom stereocenters. The highest BCUT2D eigenvalue weighted by Crippen LogP contribution is 2.24. The van der Waals surface area contributed by atoms with E-state index in [1.165, 1.54) is 0 Å². The molecule has 1 atom stereocenters. The van der Waals surface area contributed by atoms with Crippen molar-refractivity contribution >= 4 is 11.7 Å². The van der Waals surface area contributed by atoms with Gasteiger partial charge in [-0.15, -0.1) is 0 Å². The third-order valence-electron chi connectivity index (χ3n) is 3.95. The smallest absolute Gasteiger partial charge is 0.322 e. The summed E-state index contributed by atoms with van der Waals surface area (Å²) in [7, 11) is 0. The van der Waals surface area contributed by atoms with Crippen molar-refractivity contribution in [1.29, 1.82) is 0 Å². The zero-order valence-corrected chi connectivity index (χ0v) is 13.8. The first-order valence-corrected chi connectivity index (χ1v) is 8.25. The van der Waals surface area contributed by atoms with Crippen LogP contribution in [0.2, 0.25) is 0 Å². The largest absolute Gasteiger partial charge is 0.457 e. The Kier molecular flexibility index (Phi) is 5.33. The van der Waals surface area contributed by atoms with Gasteiger partial charge < -0.3 is 19.7 Å². The van der Waals surface area contributed by atoms with Crippen LogP contribution in [-0.4, -0.2) is 36.7 Å². The van der Waals surface area contributed by atoms with Crippen molar-refractivity contribution in [3.8, 4) is 11.5 Å². The van der Waals surface area contributed by atoms with Gasteiger partial charge in [-0.2, -0.15) is 0 Å². The number of carbonyl (C=O) groups is 1. The van der Waals surface area contributed by atoms with E-state index >= 15 is 0 Å². The van der Waals surface area contributed by atoms with Crippen LogP contribution in [0.4, 0.5) is 10.5 Å². The molecule has 0 aromatic heterocycles. The molecule has 1 saturated heterocycles. The zero-order chi connectivity index (χ0) is 16.8. The van der Waals surface area contributed by atoms with Crippen molar-refractivity contribution in [2.45, 2.75) is 19.4 Å². The Morgan fingerprint density at radius 2 is 2.00 bits per heavy atom. The van der Waals surface area contributed by atoms with Gasteiger partial charge in [0, 0.05) is 24.8 Å². The van der Waals surface area contributed by atoms with Crippen molar-refractivity contribution in [3.63, 3.8) is 0 Å². The van der Waals surface area contributed by atoms with Crippen LogP contribution in [0, 0.1) is 0 Å². The zero-order valence-electron chi connectivity index (χ0n) is 13.8. The van der Waals surface area contributed by atoms with Gasteiger partial charge in [0.25, 0.3) is 0 Å². The Morgan fingerprint density at radius 3 is 2.79 bits per heavy atom. The number of benzene rings is 2. The van der Waals surface area contributed by atoms with Gasteiger partial charge in [0.1, 0.15) is 11.5 Å². The summed E-state index contributed by atoms with van der Waals surface area (Å²) in [5.41, 5.74) is 0.716. The number of hydrogen-bond acceptors (Lipinski definition) is 3. The fourth-order valence-corrected chi connectivity index (χ4v) is 2.62. The average Bonchev–Trinajstić information content (AvgIpc) is 2.63. The highest BCUT2D eigenvalue weighted by Gasteiger charge is 2.23. The number of carbonyl (C=O) groups excluding carboxylic acids is 1. The molecule has 0 spiro atoms. The van der Waals surface area contributed by atoms with Crippen molar-refractivity contribution in [2.75, 3.05) is 25.0 Å². The summed E-state index contributed by atoms with van der Waals surface area (Å²) < 4.78 is 11.4. The number of hydrogen-bond donors (Lipinski definition) is 1. The van der Waals surface area contributed by atoms with E-state index in [9.17, 15) is 4.79 Å². The lowest BCUT2D eigenvalue weighted by molar-refractivity contribution is -0.0134. The molecule has 24 heavy (non-hydrogen) atoms. The molecule has 0 radical (unpaired) electrons. The van der Waals surface area contributed by atoms with Crippen LogP contribution in [0.5, 0.6) is 11.5 Å². The van der Waals surface area contributed by atoms with E-state index in [4.69, 9.17) is 9.47 Å². The van der Waals surface area contributed by atoms with Crippen molar-refractivity contribution in [1.82, 2.24) is 4.90 Å². The quantitative estimate of drug-likeness (QED) is 0.919. The molecule has 2 aromatic rings. The maximum absolute atomic E-state index is 12.4. The van der Waals surface area contributed by atoms with Crippen LogP contribution in [0.1, 0.15) is 13.3 Å². The van der Waals surface area contributed by atoms with Crippen molar-refractivity contribution in [2.24, 2.45) is 0 Å². The number of anilines is 1. The molecule has 2 aromatic carbocycles. The second-order valence-corrected chi connectivity index (χ2v) is 5.72. The number of urea groups is 1. The number of ether oxygens (including phenoxy) is 2. The van der Waals surface area contributed by atoms with Crippen LogP contribution in [0.25, 0.3) is 0 Å². The fourth-order valence-electron chi connectivity index (χ4n) is 2.62. The number of amides is 2. The third-order valence-corrected chi connectivity index (χ3v) is 3.95. The maximum Gasteiger partial charge on any atom is 0.322 e. The Morgan fingerprint density at radius 1 is 1.21 bits per heavy atom. The monoisotopic (exact) mass is 326 g/mol. The number of nitrogens with zero attached hydrogens (tertiary/aromatic N) is 1. The van der Waals surface area contributed by atoms with Crippen LogP contribution in [0.15, 0.2) is 54.6 Å². The van der Waals surface area contributed by atoms with Gasteiger partial charge in [-0.05, 0) is 30.7 Å². The van der Waals surface area contributed by atoms with Crippen LogP contribution in [-0.2, 0) is 4.74 Å². The van der Waals surface area contributed by atoms with Gasteiger partial charge >= 0.3 is 6.03 Å². The van der Waals surface area contributed by atoms with Gasteiger partial charge in [-0.25, -0.2) is 4.79 Å². The molecule has 2 amide bonds. The Labute approximate surface area is 142 Å². The molecule has 1 aliphatic heterocycles. The first-order chi connectivity index (χ1) is 11.7. The summed E-state index contributed by atoms with van der Waals surface area (Å²) in [6.07, 6.45) is 1.03. The minimum absolute atomic E-state index is 0.103. The number of morpholine rings is 1. The fraction of sp³-hybridized carbons (Fsp3) is 0.316. The predicted octanol–water partition coefficient (Wildman–Crippen LogP) is 4.12. The molecule has 5 heteroatoms. The van der Waals surface area contributed by atoms with Gasteiger partial charge in [-0.3, -0.25) is 0 Å². The summed E-state index contributed by atoms with van der Waals surface area (Å²) in [4.78, 5) is 14.2. The molecule has 0 bridgehead atoms. The van der Waals surface area contributed by atoms with Gasteiger partial charge in [0.15, 0.2) is 0 Å². The highest BCUT2D eigenvalue weighted by molar-refractivity contribution is 5.89. The lowest BCUT2D eigenvalue weighted by Gasteiger charge is -2.32. The topological polar surface area (TPSA) is 50.8 Å². The number of nitrogens with one attached hydrogen (secondary N) is 1. The van der Waals surface area contributed by atoms with E-state index in [1.54, 1.807) is 4.90 Å². The van der Waals surface area contributed by atoms with Crippen LogP contribution >= 0.6 is 0 Å². The second-order valence-electron chi connectivity index (χ2n) is 5.72. The molecule has 5 nitrogen and oxygen atoms in total. The maximum atomic E-state index is 12.4. The van der Waals surface area contributed by atoms with E-state index in [0.29, 0.717) is 31.1 Å². The number of rotatable bonds is 4. The SMILES string of the molecule is CCC1CN(C(=O)Nc2cccc(Oc3ccccc3)c2)CCO1. The molecule has 126 valence electrons. The summed E-state index contributed by atoms with van der Waals surface area (Å²) in [6, 6.07) is 16.9. The van der Waals surface area contributed by atoms with Crippen LogP contribution < -0.4 is 10.1 Å². The molecule has 1 heterocycles. The second kappa shape index (κ2) is 7.84. The molecule has 0 aliphatic carbocycles. The Bertz CT molecular complexity index is 675. The van der Waals surface area contributed by atoms with Crippen molar-refractivity contribution < 1.29 is 14.3 Å². The molecular weight excluding hydrogens is 304 g/mol. The minimum Gasteiger partial charge on any atom is -0.457 e. The minimum atomic E-state index is -0.103. The molecule has 0 saturated carbocycles. The van der Waals surface area contributed by atoms with E-state index in [0.717, 1.165) is 12.2 Å². The van der Waals surface area contributed by atoms with E-state index < -0.39 is 0 Å². The molecule has 1 aliphatic rings. The van der Waals surface area contributed by atoms with Gasteiger partial charge in [-0.1, -0.05) is 31.2 Å². The lowest BCUT2D eigenvalue weighted by Crippen LogP contribution is -2.47. The summed E-state index contributed by atoms with van der Waals surface area (Å²) in [6.45, 7) is 3.89. The first kappa shape index (κ1) is 16.3. The van der Waals surface area contributed by atoms with Crippen molar-refractivity contribution in [3.05, 3.63) is 54.6 Å². The standard InChI is InChI=1S/C19H22N2O3/c1-2-16-14-21(11-12-23-16)19(22)20-15-7-6-10-18(13-15)24-17-8-4-3-5-9-17/h3-10,13,16H,2,11-12,14H2,1H3,(H,20,22). The summed E-state index contributed by atoms with van der Waals surface area (Å²) in [5.74, 6) is 1.45. The first-order valence-electron chi connectivity index (χ1n) is 8.25. The average molecular weight is 326 g/mol. The van der Waals surface area contributed by atoms with Gasteiger partial charge in [0.2, 0.25) is 0 Å². The highest BCUT2D eigenvalue weighted by atomic mass is 16.5. The molecule has 1 N–H and O–H groups in total. The van der Waals surface area contributed by atoms with E-state index in [2.05, 4.69) is 12.2 Å². The lowest BCUT2D eigenvalue weighted by atomic mass is 10.2. The molecule has 1 fully saturated rings. The summed E-state index contributed by atoms with van der Waals surface area (Å²) in [5, 5.41) is 2.93. The predicted molar refractivity (Wildman–Crippen MR) is 93.6 cm³/mol. The molecular formula is C19H22N2O3. The van der Waals surface area contributed by atoms with Gasteiger partial charge in [0.05, 0.1) is 12.7 Å². The number of para-hydroxylation sites is 1. The van der Waals surface area contributed by atoms with E-state index in [1.807, 2.05) is 54.6 Å². The van der Waals surface area contributed by atoms with Crippen LogP contribution in [0.3, 0.4) is 0 Å².